The first kappa shape index (κ1) is 9.01. The minimum absolute atomic E-state index is 0.851. The molecule has 0 amide bonds. The minimum Gasteiger partial charge on any atom is -0.317 e. The normalized spacial score (nSPS) is 32.2. The molecule has 1 aliphatic heterocycles. The third-order valence-electron chi connectivity index (χ3n) is 2.64. The second-order valence-electron chi connectivity index (χ2n) is 3.54. The average molecular weight is 156 g/mol. The highest BCUT2D eigenvalue weighted by molar-refractivity contribution is 4.76. The molecular formula is C9H20N2. The lowest BCUT2D eigenvalue weighted by molar-refractivity contribution is 0.266. The van der Waals surface area contributed by atoms with Crippen LogP contribution < -0.4 is 10.6 Å². The van der Waals surface area contributed by atoms with Gasteiger partial charge in [0, 0.05) is 0 Å². The lowest BCUT2D eigenvalue weighted by Crippen LogP contribution is -2.40. The zero-order chi connectivity index (χ0) is 8.10. The van der Waals surface area contributed by atoms with Crippen LogP contribution in [0.3, 0.4) is 0 Å². The molecule has 0 bridgehead atoms. The Morgan fingerprint density at radius 3 is 3.00 bits per heavy atom. The van der Waals surface area contributed by atoms with Gasteiger partial charge in [-0.1, -0.05) is 13.8 Å². The van der Waals surface area contributed by atoms with Crippen molar-refractivity contribution < 1.29 is 0 Å². The van der Waals surface area contributed by atoms with E-state index in [9.17, 15) is 0 Å². The van der Waals surface area contributed by atoms with Crippen LogP contribution in [0.15, 0.2) is 0 Å². The van der Waals surface area contributed by atoms with Crippen molar-refractivity contribution in [3.8, 4) is 0 Å². The van der Waals surface area contributed by atoms with E-state index in [4.69, 9.17) is 0 Å². The van der Waals surface area contributed by atoms with E-state index >= 15 is 0 Å². The van der Waals surface area contributed by atoms with Gasteiger partial charge in [-0.2, -0.15) is 0 Å². The maximum atomic E-state index is 3.43. The Labute approximate surface area is 69.8 Å². The van der Waals surface area contributed by atoms with Gasteiger partial charge in [0.2, 0.25) is 0 Å². The molecule has 1 saturated heterocycles. The predicted molar refractivity (Wildman–Crippen MR) is 48.7 cm³/mol. The fourth-order valence-electron chi connectivity index (χ4n) is 1.66. The summed E-state index contributed by atoms with van der Waals surface area (Å²) in [5, 5.41) is 6.84. The molecule has 2 N–H and O–H groups in total. The van der Waals surface area contributed by atoms with Gasteiger partial charge in [-0.3, -0.25) is 0 Å². The summed E-state index contributed by atoms with van der Waals surface area (Å²) in [6.45, 7) is 9.23. The second kappa shape index (κ2) is 4.73. The van der Waals surface area contributed by atoms with E-state index < -0.39 is 0 Å². The van der Waals surface area contributed by atoms with Crippen molar-refractivity contribution in [3.63, 3.8) is 0 Å². The van der Waals surface area contributed by atoms with Crippen molar-refractivity contribution in [1.29, 1.82) is 0 Å². The molecular weight excluding hydrogens is 136 g/mol. The molecule has 1 rings (SSSR count). The lowest BCUT2D eigenvalue weighted by atomic mass is 9.88. The maximum absolute atomic E-state index is 3.43. The van der Waals surface area contributed by atoms with Gasteiger partial charge < -0.3 is 10.6 Å². The van der Waals surface area contributed by atoms with Gasteiger partial charge in [0.15, 0.2) is 0 Å². The summed E-state index contributed by atoms with van der Waals surface area (Å²) >= 11 is 0. The van der Waals surface area contributed by atoms with Crippen LogP contribution in [-0.2, 0) is 0 Å². The van der Waals surface area contributed by atoms with Gasteiger partial charge in [0.25, 0.3) is 0 Å². The molecule has 0 aromatic rings. The van der Waals surface area contributed by atoms with Crippen LogP contribution in [0.2, 0.25) is 0 Å². The first-order valence-corrected chi connectivity index (χ1v) is 4.76. The molecule has 1 aliphatic rings. The summed E-state index contributed by atoms with van der Waals surface area (Å²) in [6.07, 6.45) is 1.34. The number of hydrogen-bond acceptors (Lipinski definition) is 2. The maximum Gasteiger partial charge on any atom is -0.000581 e. The first-order chi connectivity index (χ1) is 5.34. The fourth-order valence-corrected chi connectivity index (χ4v) is 1.66. The van der Waals surface area contributed by atoms with Crippen LogP contribution in [0.4, 0.5) is 0 Å². The summed E-state index contributed by atoms with van der Waals surface area (Å²) < 4.78 is 0. The van der Waals surface area contributed by atoms with E-state index in [0.29, 0.717) is 0 Å². The number of nitrogens with one attached hydrogen (secondary N) is 2. The van der Waals surface area contributed by atoms with Crippen LogP contribution in [0, 0.1) is 11.8 Å². The van der Waals surface area contributed by atoms with Gasteiger partial charge in [-0.25, -0.2) is 0 Å². The van der Waals surface area contributed by atoms with Crippen molar-refractivity contribution in [3.05, 3.63) is 0 Å². The molecule has 2 atom stereocenters. The smallest absolute Gasteiger partial charge is 0.000581 e. The molecule has 0 aromatic carbocycles. The second-order valence-corrected chi connectivity index (χ2v) is 3.54. The topological polar surface area (TPSA) is 24.1 Å². The number of hydrogen-bond donors (Lipinski definition) is 2. The third-order valence-corrected chi connectivity index (χ3v) is 2.64. The molecule has 1 heterocycles. The zero-order valence-corrected chi connectivity index (χ0v) is 7.69. The van der Waals surface area contributed by atoms with Crippen molar-refractivity contribution in [1.82, 2.24) is 10.6 Å². The zero-order valence-electron chi connectivity index (χ0n) is 7.69. The first-order valence-electron chi connectivity index (χ1n) is 4.76. The van der Waals surface area contributed by atoms with Crippen LogP contribution >= 0.6 is 0 Å². The third kappa shape index (κ3) is 2.80. The van der Waals surface area contributed by atoms with Crippen LogP contribution in [0.5, 0.6) is 0 Å². The Hall–Kier alpha value is -0.0800. The Kier molecular flexibility index (Phi) is 3.87. The monoisotopic (exact) mass is 156 g/mol. The number of rotatable bonds is 3. The van der Waals surface area contributed by atoms with Gasteiger partial charge in [0.05, 0.1) is 0 Å². The molecule has 11 heavy (non-hydrogen) atoms. The van der Waals surface area contributed by atoms with Crippen LogP contribution in [-0.4, -0.2) is 26.2 Å². The SMILES string of the molecule is CCNCC1CNCCC1C. The van der Waals surface area contributed by atoms with Crippen molar-refractivity contribution in [2.45, 2.75) is 20.3 Å². The summed E-state index contributed by atoms with van der Waals surface area (Å²) in [4.78, 5) is 0. The Balaban J connectivity index is 2.18. The molecule has 2 heteroatoms. The van der Waals surface area contributed by atoms with E-state index in [1.165, 1.54) is 26.1 Å². The largest absolute Gasteiger partial charge is 0.317 e. The number of piperidine rings is 1. The molecule has 0 aromatic heterocycles. The summed E-state index contributed by atoms with van der Waals surface area (Å²) in [7, 11) is 0. The van der Waals surface area contributed by atoms with E-state index in [0.717, 1.165) is 18.4 Å². The molecule has 1 fully saturated rings. The van der Waals surface area contributed by atoms with Crippen LogP contribution in [0.1, 0.15) is 20.3 Å². The Bertz CT molecular complexity index is 104. The molecule has 2 unspecified atom stereocenters. The quantitative estimate of drug-likeness (QED) is 0.633. The molecule has 66 valence electrons. The molecule has 0 saturated carbocycles. The molecule has 2 nitrogen and oxygen atoms in total. The standard InChI is InChI=1S/C9H20N2/c1-3-10-6-9-7-11-5-4-8(9)2/h8-11H,3-7H2,1-2H3. The summed E-state index contributed by atoms with van der Waals surface area (Å²) in [5.41, 5.74) is 0. The fraction of sp³-hybridized carbons (Fsp3) is 1.00. The van der Waals surface area contributed by atoms with Gasteiger partial charge in [0.1, 0.15) is 0 Å². The average Bonchev–Trinajstić information content (AvgIpc) is 2.03. The van der Waals surface area contributed by atoms with E-state index in [-0.39, 0.29) is 0 Å². The van der Waals surface area contributed by atoms with E-state index in [1.54, 1.807) is 0 Å². The molecule has 0 spiro atoms. The van der Waals surface area contributed by atoms with Crippen molar-refractivity contribution >= 4 is 0 Å². The van der Waals surface area contributed by atoms with E-state index in [1.807, 2.05) is 0 Å². The lowest BCUT2D eigenvalue weighted by Gasteiger charge is -2.29. The minimum atomic E-state index is 0.851. The highest BCUT2D eigenvalue weighted by Gasteiger charge is 2.19. The van der Waals surface area contributed by atoms with Crippen molar-refractivity contribution in [2.75, 3.05) is 26.2 Å². The summed E-state index contributed by atoms with van der Waals surface area (Å²) in [6, 6.07) is 0. The highest BCUT2D eigenvalue weighted by atomic mass is 14.9. The Morgan fingerprint density at radius 2 is 2.36 bits per heavy atom. The van der Waals surface area contributed by atoms with Gasteiger partial charge in [-0.15, -0.1) is 0 Å². The van der Waals surface area contributed by atoms with Gasteiger partial charge >= 0.3 is 0 Å². The highest BCUT2D eigenvalue weighted by Crippen LogP contribution is 2.16. The summed E-state index contributed by atoms with van der Waals surface area (Å²) in [5.74, 6) is 1.75. The molecule has 0 radical (unpaired) electrons. The van der Waals surface area contributed by atoms with Crippen molar-refractivity contribution in [2.24, 2.45) is 11.8 Å². The van der Waals surface area contributed by atoms with E-state index in [2.05, 4.69) is 24.5 Å². The van der Waals surface area contributed by atoms with Crippen LogP contribution in [0.25, 0.3) is 0 Å². The van der Waals surface area contributed by atoms with Gasteiger partial charge in [-0.05, 0) is 44.4 Å². The molecule has 0 aliphatic carbocycles. The Morgan fingerprint density at radius 1 is 1.55 bits per heavy atom. The predicted octanol–water partition coefficient (Wildman–Crippen LogP) is 0.841.